The molecule has 3 N–H and O–H groups in total. The number of quaternary nitrogens is 1. The minimum absolute atomic E-state index is 0.0502. The predicted octanol–water partition coefficient (Wildman–Crippen LogP) is 3.23. The Labute approximate surface area is 136 Å². The molecule has 1 atom stereocenters. The van der Waals surface area contributed by atoms with Gasteiger partial charge in [-0.05, 0) is 18.2 Å². The number of carbonyl (C=O) groups is 1. The van der Waals surface area contributed by atoms with Gasteiger partial charge >= 0.3 is 6.18 Å². The van der Waals surface area contributed by atoms with E-state index in [1.807, 2.05) is 6.07 Å². The summed E-state index contributed by atoms with van der Waals surface area (Å²) in [6.07, 6.45) is -4.50. The first-order chi connectivity index (χ1) is 10.8. The fourth-order valence-corrected chi connectivity index (χ4v) is 2.33. The zero-order chi connectivity index (χ0) is 17.0. The summed E-state index contributed by atoms with van der Waals surface area (Å²) in [6, 6.07) is 11.2. The van der Waals surface area contributed by atoms with Gasteiger partial charge in [0, 0.05) is 5.56 Å². The summed E-state index contributed by atoms with van der Waals surface area (Å²) in [5.74, 6) is -0.445. The van der Waals surface area contributed by atoms with Crippen molar-refractivity contribution in [3.8, 4) is 0 Å². The van der Waals surface area contributed by atoms with Gasteiger partial charge in [-0.3, -0.25) is 4.79 Å². The molecule has 0 fully saturated rings. The maximum absolute atomic E-state index is 12.8. The first-order valence-corrected chi connectivity index (χ1v) is 7.22. The number of nitrogens with one attached hydrogen (secondary N) is 1. The molecule has 0 spiro atoms. The van der Waals surface area contributed by atoms with E-state index in [4.69, 9.17) is 11.6 Å². The number of alkyl halides is 3. The second-order valence-electron chi connectivity index (χ2n) is 4.90. The van der Waals surface area contributed by atoms with Crippen molar-refractivity contribution in [2.75, 3.05) is 12.4 Å². The van der Waals surface area contributed by atoms with Crippen LogP contribution in [0.1, 0.15) is 17.2 Å². The minimum Gasteiger partial charge on any atom is -0.335 e. The zero-order valence-corrected chi connectivity index (χ0v) is 12.9. The smallest absolute Gasteiger partial charge is 0.335 e. The van der Waals surface area contributed by atoms with Crippen LogP contribution in [-0.4, -0.2) is 13.0 Å². The Balaban J connectivity index is 2.26. The number of likely N-dealkylation sites (N-methyl/N-ethyl adjacent to an activating group) is 1. The molecule has 0 aliphatic heterocycles. The lowest BCUT2D eigenvalue weighted by Gasteiger charge is -2.15. The molecular weight excluding hydrogens is 329 g/mol. The van der Waals surface area contributed by atoms with Crippen LogP contribution in [0.2, 0.25) is 5.02 Å². The number of hydrogen-bond acceptors (Lipinski definition) is 1. The van der Waals surface area contributed by atoms with Crippen LogP contribution < -0.4 is 10.6 Å². The molecule has 0 aliphatic rings. The molecule has 1 amide bonds. The molecule has 0 heterocycles. The molecule has 0 bridgehead atoms. The lowest BCUT2D eigenvalue weighted by molar-refractivity contribution is -0.656. The average Bonchev–Trinajstić information content (AvgIpc) is 2.50. The maximum atomic E-state index is 12.8. The molecule has 0 aromatic heterocycles. The number of benzene rings is 2. The summed E-state index contributed by atoms with van der Waals surface area (Å²) >= 11 is 5.89. The quantitative estimate of drug-likeness (QED) is 0.879. The van der Waals surface area contributed by atoms with Gasteiger partial charge in [0.1, 0.15) is 0 Å². The zero-order valence-electron chi connectivity index (χ0n) is 12.2. The predicted molar refractivity (Wildman–Crippen MR) is 82.1 cm³/mol. The summed E-state index contributed by atoms with van der Waals surface area (Å²) in [6.45, 7) is 0. The highest BCUT2D eigenvalue weighted by molar-refractivity contribution is 6.33. The maximum Gasteiger partial charge on any atom is 0.416 e. The second kappa shape index (κ2) is 7.02. The van der Waals surface area contributed by atoms with Gasteiger partial charge in [0.05, 0.1) is 23.3 Å². The first kappa shape index (κ1) is 17.3. The molecule has 0 aliphatic carbocycles. The van der Waals surface area contributed by atoms with Gasteiger partial charge in [-0.25, -0.2) is 0 Å². The molecule has 3 nitrogen and oxygen atoms in total. The Morgan fingerprint density at radius 1 is 1.17 bits per heavy atom. The average molecular weight is 344 g/mol. The van der Waals surface area contributed by atoms with Gasteiger partial charge in [-0.1, -0.05) is 41.9 Å². The van der Waals surface area contributed by atoms with E-state index in [2.05, 4.69) is 5.32 Å². The Kier molecular flexibility index (Phi) is 5.28. The highest BCUT2D eigenvalue weighted by atomic mass is 35.5. The molecule has 7 heteroatoms. The molecular formula is C16H15ClF3N2O+. The van der Waals surface area contributed by atoms with Crippen LogP contribution in [0.5, 0.6) is 0 Å². The summed E-state index contributed by atoms with van der Waals surface area (Å²) in [4.78, 5) is 12.4. The highest BCUT2D eigenvalue weighted by Crippen LogP contribution is 2.34. The topological polar surface area (TPSA) is 45.7 Å². The van der Waals surface area contributed by atoms with Gasteiger partial charge in [0.2, 0.25) is 0 Å². The van der Waals surface area contributed by atoms with E-state index in [-0.39, 0.29) is 10.7 Å². The van der Waals surface area contributed by atoms with Crippen LogP contribution >= 0.6 is 11.6 Å². The summed E-state index contributed by atoms with van der Waals surface area (Å²) in [7, 11) is 1.71. The van der Waals surface area contributed by atoms with E-state index < -0.39 is 23.7 Å². The SMILES string of the molecule is C[NH2+][C@@H](C(=O)Nc1cc(C(F)(F)F)ccc1Cl)c1ccccc1. The Morgan fingerprint density at radius 2 is 1.83 bits per heavy atom. The molecule has 2 rings (SSSR count). The summed E-state index contributed by atoms with van der Waals surface area (Å²) < 4.78 is 38.3. The fraction of sp³-hybridized carbons (Fsp3) is 0.188. The second-order valence-corrected chi connectivity index (χ2v) is 5.31. The Hall–Kier alpha value is -2.05. The minimum atomic E-state index is -4.50. The first-order valence-electron chi connectivity index (χ1n) is 6.85. The van der Waals surface area contributed by atoms with E-state index in [0.29, 0.717) is 0 Å². The van der Waals surface area contributed by atoms with Crippen molar-refractivity contribution in [1.82, 2.24) is 0 Å². The molecule has 0 saturated carbocycles. The van der Waals surface area contributed by atoms with Gasteiger partial charge in [0.25, 0.3) is 5.91 Å². The molecule has 23 heavy (non-hydrogen) atoms. The Bertz CT molecular complexity index is 689. The number of halogens is 4. The number of carbonyl (C=O) groups excluding carboxylic acids is 1. The number of nitrogens with two attached hydrogens (primary N) is 1. The van der Waals surface area contributed by atoms with Gasteiger partial charge in [0.15, 0.2) is 6.04 Å². The lowest BCUT2D eigenvalue weighted by Crippen LogP contribution is -2.83. The van der Waals surface area contributed by atoms with E-state index in [1.54, 1.807) is 36.6 Å². The van der Waals surface area contributed by atoms with Crippen molar-refractivity contribution in [3.05, 3.63) is 64.7 Å². The van der Waals surface area contributed by atoms with Crippen molar-refractivity contribution in [2.24, 2.45) is 0 Å². The van der Waals surface area contributed by atoms with Crippen LogP contribution in [0.25, 0.3) is 0 Å². The third-order valence-corrected chi connectivity index (χ3v) is 3.66. The molecule has 122 valence electrons. The van der Waals surface area contributed by atoms with Crippen LogP contribution in [0.3, 0.4) is 0 Å². The molecule has 0 unspecified atom stereocenters. The normalized spacial score (nSPS) is 12.7. The standard InChI is InChI=1S/C16H14ClF3N2O/c1-21-14(10-5-3-2-4-6-10)15(23)22-13-9-11(16(18,19)20)7-8-12(13)17/h2-9,14,21H,1H3,(H,22,23)/p+1/t14-/m1/s1. The van der Waals surface area contributed by atoms with E-state index >= 15 is 0 Å². The van der Waals surface area contributed by atoms with Crippen molar-refractivity contribution < 1.29 is 23.3 Å². The monoisotopic (exact) mass is 343 g/mol. The van der Waals surface area contributed by atoms with Gasteiger partial charge in [-0.2, -0.15) is 13.2 Å². The van der Waals surface area contributed by atoms with Crippen molar-refractivity contribution in [3.63, 3.8) is 0 Å². The van der Waals surface area contributed by atoms with Crippen molar-refractivity contribution in [2.45, 2.75) is 12.2 Å². The highest BCUT2D eigenvalue weighted by Gasteiger charge is 2.31. The van der Waals surface area contributed by atoms with E-state index in [1.165, 1.54) is 0 Å². The number of amides is 1. The number of hydrogen-bond donors (Lipinski definition) is 2. The molecule has 0 radical (unpaired) electrons. The van der Waals surface area contributed by atoms with Crippen molar-refractivity contribution >= 4 is 23.2 Å². The number of anilines is 1. The van der Waals surface area contributed by atoms with Crippen LogP contribution in [0.15, 0.2) is 48.5 Å². The van der Waals surface area contributed by atoms with Gasteiger partial charge < -0.3 is 10.6 Å². The molecule has 2 aromatic rings. The molecule has 2 aromatic carbocycles. The summed E-state index contributed by atoms with van der Waals surface area (Å²) in [5, 5.41) is 4.19. The van der Waals surface area contributed by atoms with Crippen LogP contribution in [0, 0.1) is 0 Å². The third kappa shape index (κ3) is 4.24. The largest absolute Gasteiger partial charge is 0.416 e. The lowest BCUT2D eigenvalue weighted by atomic mass is 10.1. The Morgan fingerprint density at radius 3 is 2.39 bits per heavy atom. The van der Waals surface area contributed by atoms with Crippen LogP contribution in [-0.2, 0) is 11.0 Å². The van der Waals surface area contributed by atoms with Crippen LogP contribution in [0.4, 0.5) is 18.9 Å². The molecule has 0 saturated heterocycles. The third-order valence-electron chi connectivity index (χ3n) is 3.33. The van der Waals surface area contributed by atoms with Crippen molar-refractivity contribution in [1.29, 1.82) is 0 Å². The van der Waals surface area contributed by atoms with Gasteiger partial charge in [-0.15, -0.1) is 0 Å². The summed E-state index contributed by atoms with van der Waals surface area (Å²) in [5.41, 5.74) is -0.182. The van der Waals surface area contributed by atoms with E-state index in [0.717, 1.165) is 23.8 Å². The van der Waals surface area contributed by atoms with E-state index in [9.17, 15) is 18.0 Å². The number of rotatable bonds is 4. The fourth-order valence-electron chi connectivity index (χ4n) is 2.16.